The van der Waals surface area contributed by atoms with E-state index in [0.717, 1.165) is 16.7 Å². The van der Waals surface area contributed by atoms with Crippen LogP contribution in [0.3, 0.4) is 0 Å². The van der Waals surface area contributed by atoms with Gasteiger partial charge in [0.1, 0.15) is 24.4 Å². The van der Waals surface area contributed by atoms with Crippen LogP contribution in [0, 0.1) is 0 Å². The van der Waals surface area contributed by atoms with Crippen molar-refractivity contribution in [1.82, 2.24) is 0 Å². The Labute approximate surface area is 239 Å². The summed E-state index contributed by atoms with van der Waals surface area (Å²) in [7, 11) is 1.37. The summed E-state index contributed by atoms with van der Waals surface area (Å²) in [6.45, 7) is 3.53. The second-order valence-corrected chi connectivity index (χ2v) is 9.59. The molecule has 9 nitrogen and oxygen atoms in total. The van der Waals surface area contributed by atoms with Crippen LogP contribution in [-0.2, 0) is 48.4 Å². The largest absolute Gasteiger partial charge is 0.463 e. The highest BCUT2D eigenvalue weighted by atomic mass is 16.7. The van der Waals surface area contributed by atoms with Crippen molar-refractivity contribution in [2.45, 2.75) is 57.1 Å². The smallest absolute Gasteiger partial charge is 0.303 e. The number of benzene rings is 3. The van der Waals surface area contributed by atoms with E-state index in [9.17, 15) is 14.4 Å². The van der Waals surface area contributed by atoms with Crippen LogP contribution >= 0.6 is 0 Å². The Morgan fingerprint density at radius 3 is 1.49 bits per heavy atom. The quantitative estimate of drug-likeness (QED) is 0.205. The molecule has 0 spiro atoms. The molecular formula is C32H34O9. The third-order valence-corrected chi connectivity index (χ3v) is 6.73. The molecule has 0 aliphatic carbocycles. The molecule has 5 atom stereocenters. The maximum Gasteiger partial charge on any atom is 0.303 e. The van der Waals surface area contributed by atoms with Crippen molar-refractivity contribution in [3.05, 3.63) is 108 Å². The van der Waals surface area contributed by atoms with Gasteiger partial charge in [-0.3, -0.25) is 14.4 Å². The summed E-state index contributed by atoms with van der Waals surface area (Å²) in [5, 5.41) is 0. The maximum absolute atomic E-state index is 12.4. The number of carbonyl (C=O) groups excluding carboxylic acids is 3. The number of hydrogen-bond acceptors (Lipinski definition) is 9. The van der Waals surface area contributed by atoms with E-state index in [4.69, 9.17) is 28.4 Å². The lowest BCUT2D eigenvalue weighted by atomic mass is 9.79. The van der Waals surface area contributed by atoms with Crippen LogP contribution in [0.2, 0.25) is 0 Å². The van der Waals surface area contributed by atoms with E-state index in [2.05, 4.69) is 0 Å². The molecule has 0 saturated carbocycles. The van der Waals surface area contributed by atoms with Crippen molar-refractivity contribution >= 4 is 17.9 Å². The lowest BCUT2D eigenvalue weighted by Crippen LogP contribution is -2.64. The lowest BCUT2D eigenvalue weighted by Gasteiger charge is -2.48. The second kappa shape index (κ2) is 13.5. The average Bonchev–Trinajstić information content (AvgIpc) is 2.97. The molecule has 4 rings (SSSR count). The van der Waals surface area contributed by atoms with Gasteiger partial charge in [0.05, 0.1) is 0 Å². The predicted molar refractivity (Wildman–Crippen MR) is 147 cm³/mol. The average molecular weight is 563 g/mol. The summed E-state index contributed by atoms with van der Waals surface area (Å²) < 4.78 is 35.6. The molecule has 9 heteroatoms. The van der Waals surface area contributed by atoms with Gasteiger partial charge in [0.15, 0.2) is 18.5 Å². The van der Waals surface area contributed by atoms with Crippen LogP contribution in [0.4, 0.5) is 0 Å². The van der Waals surface area contributed by atoms with Crippen molar-refractivity contribution in [2.24, 2.45) is 0 Å². The van der Waals surface area contributed by atoms with Gasteiger partial charge in [-0.05, 0) is 16.7 Å². The zero-order valence-corrected chi connectivity index (χ0v) is 23.4. The fraction of sp³-hybridized carbons (Fsp3) is 0.344. The Morgan fingerprint density at radius 1 is 0.659 bits per heavy atom. The summed E-state index contributed by atoms with van der Waals surface area (Å²) in [4.78, 5) is 36.5. The first-order chi connectivity index (χ1) is 19.8. The molecule has 1 aliphatic rings. The van der Waals surface area contributed by atoms with E-state index < -0.39 is 54.2 Å². The van der Waals surface area contributed by atoms with Crippen LogP contribution in [-0.4, -0.2) is 62.3 Å². The van der Waals surface area contributed by atoms with Gasteiger partial charge >= 0.3 is 17.9 Å². The third-order valence-electron chi connectivity index (χ3n) is 6.73. The van der Waals surface area contributed by atoms with E-state index in [1.54, 1.807) is 0 Å². The monoisotopic (exact) mass is 562 g/mol. The third kappa shape index (κ3) is 6.82. The Balaban J connectivity index is 1.96. The summed E-state index contributed by atoms with van der Waals surface area (Å²) >= 11 is 0. The Kier molecular flexibility index (Phi) is 9.88. The number of hydrogen-bond donors (Lipinski definition) is 0. The molecule has 0 N–H and O–H groups in total. The number of ether oxygens (including phenoxy) is 6. The highest BCUT2D eigenvalue weighted by Crippen LogP contribution is 2.44. The first-order valence-electron chi connectivity index (χ1n) is 13.3. The highest BCUT2D eigenvalue weighted by molar-refractivity contribution is 5.67. The fourth-order valence-corrected chi connectivity index (χ4v) is 5.11. The number of rotatable bonds is 10. The number of carbonyl (C=O) groups is 3. The standard InChI is InChI=1S/C32H34O9/c1-21(33)37-20-27-28(29(38-22(2)34)30(39-23(3)35)31(36-4)40-27)41-32(24-14-8-5-9-15-24,25-16-10-6-11-17-25)26-18-12-7-13-19-26/h5-19,27-31H,20H2,1-4H3/t27-,28+,29+,30-,31-/m1/s1. The van der Waals surface area contributed by atoms with Crippen LogP contribution in [0.5, 0.6) is 0 Å². The van der Waals surface area contributed by atoms with E-state index in [1.165, 1.54) is 27.9 Å². The van der Waals surface area contributed by atoms with Gasteiger partial charge in [-0.15, -0.1) is 0 Å². The molecule has 0 amide bonds. The Hall–Kier alpha value is -4.05. The van der Waals surface area contributed by atoms with Crippen molar-refractivity contribution in [2.75, 3.05) is 13.7 Å². The van der Waals surface area contributed by atoms with Gasteiger partial charge in [-0.25, -0.2) is 0 Å². The summed E-state index contributed by atoms with van der Waals surface area (Å²) in [6, 6.07) is 28.7. The first-order valence-corrected chi connectivity index (χ1v) is 13.3. The molecule has 216 valence electrons. The highest BCUT2D eigenvalue weighted by Gasteiger charge is 2.54. The molecular weight excluding hydrogens is 528 g/mol. The van der Waals surface area contributed by atoms with Gasteiger partial charge < -0.3 is 28.4 Å². The molecule has 41 heavy (non-hydrogen) atoms. The zero-order chi connectivity index (χ0) is 29.4. The van der Waals surface area contributed by atoms with Crippen molar-refractivity contribution < 1.29 is 42.8 Å². The van der Waals surface area contributed by atoms with Crippen molar-refractivity contribution in [1.29, 1.82) is 0 Å². The summed E-state index contributed by atoms with van der Waals surface area (Å²) in [6.07, 6.45) is -5.58. The van der Waals surface area contributed by atoms with E-state index in [0.29, 0.717) is 0 Å². The van der Waals surface area contributed by atoms with Crippen molar-refractivity contribution in [3.63, 3.8) is 0 Å². The minimum absolute atomic E-state index is 0.237. The normalized spacial score (nSPS) is 22.4. The molecule has 0 aromatic heterocycles. The van der Waals surface area contributed by atoms with E-state index >= 15 is 0 Å². The minimum Gasteiger partial charge on any atom is -0.463 e. The Bertz CT molecular complexity index is 1200. The molecule has 1 heterocycles. The first kappa shape index (κ1) is 29.9. The van der Waals surface area contributed by atoms with Gasteiger partial charge in [-0.2, -0.15) is 0 Å². The van der Waals surface area contributed by atoms with Crippen LogP contribution in [0.1, 0.15) is 37.5 Å². The van der Waals surface area contributed by atoms with Crippen molar-refractivity contribution in [3.8, 4) is 0 Å². The molecule has 0 radical (unpaired) electrons. The van der Waals surface area contributed by atoms with Gasteiger partial charge in [-0.1, -0.05) is 91.0 Å². The Morgan fingerprint density at radius 2 is 1.10 bits per heavy atom. The summed E-state index contributed by atoms with van der Waals surface area (Å²) in [5.74, 6) is -1.79. The SMILES string of the molecule is CO[C@@H]1O[C@H](COC(C)=O)[C@H](OC(c2ccccc2)(c2ccccc2)c2ccccc2)[C@H](OC(C)=O)[C@H]1OC(C)=O. The molecule has 0 bridgehead atoms. The fourth-order valence-electron chi connectivity index (χ4n) is 5.11. The number of esters is 3. The molecule has 1 saturated heterocycles. The van der Waals surface area contributed by atoms with E-state index in [1.807, 2.05) is 91.0 Å². The van der Waals surface area contributed by atoms with Crippen LogP contribution in [0.25, 0.3) is 0 Å². The lowest BCUT2D eigenvalue weighted by molar-refractivity contribution is -0.315. The second-order valence-electron chi connectivity index (χ2n) is 9.59. The minimum atomic E-state index is -1.26. The molecule has 3 aromatic carbocycles. The predicted octanol–water partition coefficient (Wildman–Crippen LogP) is 4.16. The van der Waals surface area contributed by atoms with Crippen LogP contribution in [0.15, 0.2) is 91.0 Å². The molecule has 0 unspecified atom stereocenters. The number of methoxy groups -OCH3 is 1. The van der Waals surface area contributed by atoms with Gasteiger partial charge in [0.2, 0.25) is 0 Å². The van der Waals surface area contributed by atoms with Crippen LogP contribution < -0.4 is 0 Å². The molecule has 3 aromatic rings. The zero-order valence-electron chi connectivity index (χ0n) is 23.4. The molecule has 1 aliphatic heterocycles. The van der Waals surface area contributed by atoms with E-state index in [-0.39, 0.29) is 6.61 Å². The van der Waals surface area contributed by atoms with Gasteiger partial charge in [0, 0.05) is 27.9 Å². The maximum atomic E-state index is 12.4. The molecule has 1 fully saturated rings. The summed E-state index contributed by atoms with van der Waals surface area (Å²) in [5.41, 5.74) is 1.08. The van der Waals surface area contributed by atoms with Gasteiger partial charge in [0.25, 0.3) is 0 Å². The topological polar surface area (TPSA) is 107 Å².